The van der Waals surface area contributed by atoms with E-state index in [0.29, 0.717) is 6.42 Å². The molecule has 0 spiro atoms. The number of aromatic nitrogens is 1. The monoisotopic (exact) mass is 284 g/mol. The van der Waals surface area contributed by atoms with Gasteiger partial charge in [-0.2, -0.15) is 0 Å². The molecule has 2 aromatic heterocycles. The molecule has 3 nitrogen and oxygen atoms in total. The first-order valence-electron chi connectivity index (χ1n) is 6.49. The fourth-order valence-electron chi connectivity index (χ4n) is 2.29. The number of thiophene rings is 1. The molecule has 102 valence electrons. The molecule has 20 heavy (non-hydrogen) atoms. The summed E-state index contributed by atoms with van der Waals surface area (Å²) >= 11 is 1.63. The molecular weight excluding hydrogens is 268 g/mol. The maximum absolute atomic E-state index is 6.28. The molecule has 4 heteroatoms. The van der Waals surface area contributed by atoms with Crippen LogP contribution in [0, 0.1) is 0 Å². The number of fused-ring (bicyclic) bond motifs is 1. The average Bonchev–Trinajstić information content (AvgIpc) is 2.95. The first kappa shape index (κ1) is 13.1. The minimum absolute atomic E-state index is 0.0846. The van der Waals surface area contributed by atoms with Gasteiger partial charge in [-0.25, -0.2) is 0 Å². The van der Waals surface area contributed by atoms with Gasteiger partial charge in [0.05, 0.1) is 17.5 Å². The fourth-order valence-corrected chi connectivity index (χ4v) is 3.15. The van der Waals surface area contributed by atoms with Crippen molar-refractivity contribution in [3.8, 4) is 5.75 Å². The van der Waals surface area contributed by atoms with Crippen LogP contribution in [-0.4, -0.2) is 12.1 Å². The highest BCUT2D eigenvalue weighted by molar-refractivity contribution is 7.10. The summed E-state index contributed by atoms with van der Waals surface area (Å²) in [7, 11) is 1.67. The number of ether oxygens (including phenoxy) is 1. The number of nitrogens with zero attached hydrogens (tertiary/aromatic N) is 1. The number of nitrogens with two attached hydrogens (primary N) is 1. The second kappa shape index (κ2) is 5.61. The zero-order chi connectivity index (χ0) is 13.9. The molecule has 0 radical (unpaired) electrons. The molecule has 0 bridgehead atoms. The number of rotatable bonds is 4. The Morgan fingerprint density at radius 1 is 1.20 bits per heavy atom. The van der Waals surface area contributed by atoms with Gasteiger partial charge in [-0.3, -0.25) is 4.98 Å². The van der Waals surface area contributed by atoms with Crippen LogP contribution >= 0.6 is 11.3 Å². The highest BCUT2D eigenvalue weighted by Crippen LogP contribution is 2.31. The van der Waals surface area contributed by atoms with E-state index < -0.39 is 0 Å². The Labute approximate surface area is 122 Å². The Balaban J connectivity index is 1.85. The van der Waals surface area contributed by atoms with Crippen molar-refractivity contribution in [2.75, 3.05) is 7.11 Å². The Kier molecular flexibility index (Phi) is 3.67. The van der Waals surface area contributed by atoms with Crippen LogP contribution in [0.4, 0.5) is 0 Å². The molecule has 1 atom stereocenters. The van der Waals surface area contributed by atoms with Crippen molar-refractivity contribution >= 4 is 22.2 Å². The summed E-state index contributed by atoms with van der Waals surface area (Å²) in [6, 6.07) is 14.1. The van der Waals surface area contributed by atoms with Crippen LogP contribution in [-0.2, 0) is 6.42 Å². The summed E-state index contributed by atoms with van der Waals surface area (Å²) in [5, 5.41) is 3.15. The zero-order valence-electron chi connectivity index (χ0n) is 11.2. The van der Waals surface area contributed by atoms with E-state index in [1.807, 2.05) is 35.7 Å². The first-order valence-corrected chi connectivity index (χ1v) is 7.37. The van der Waals surface area contributed by atoms with Crippen LogP contribution in [0.5, 0.6) is 5.75 Å². The number of para-hydroxylation sites is 1. The molecule has 1 unspecified atom stereocenters. The molecule has 0 aliphatic carbocycles. The van der Waals surface area contributed by atoms with Crippen LogP contribution in [0.2, 0.25) is 0 Å². The maximum atomic E-state index is 6.28. The third-order valence-corrected chi connectivity index (χ3v) is 4.33. The molecule has 3 aromatic rings. The quantitative estimate of drug-likeness (QED) is 0.797. The van der Waals surface area contributed by atoms with Gasteiger partial charge in [0.1, 0.15) is 5.75 Å². The average molecular weight is 284 g/mol. The van der Waals surface area contributed by atoms with Crippen molar-refractivity contribution < 1.29 is 4.74 Å². The summed E-state index contributed by atoms with van der Waals surface area (Å²) in [4.78, 5) is 5.74. The predicted octanol–water partition coefficient (Wildman–Crippen LogP) is 3.55. The van der Waals surface area contributed by atoms with Crippen molar-refractivity contribution in [1.82, 2.24) is 4.98 Å². The number of hydrogen-bond donors (Lipinski definition) is 1. The lowest BCUT2D eigenvalue weighted by atomic mass is 10.1. The van der Waals surface area contributed by atoms with Gasteiger partial charge in [-0.15, -0.1) is 11.3 Å². The molecule has 0 aliphatic rings. The minimum Gasteiger partial charge on any atom is -0.496 e. The van der Waals surface area contributed by atoms with Crippen molar-refractivity contribution in [3.05, 3.63) is 58.4 Å². The van der Waals surface area contributed by atoms with E-state index in [2.05, 4.69) is 17.1 Å². The Hall–Kier alpha value is -1.91. The van der Waals surface area contributed by atoms with E-state index in [9.17, 15) is 0 Å². The van der Waals surface area contributed by atoms with Crippen molar-refractivity contribution in [3.63, 3.8) is 0 Å². The molecule has 2 N–H and O–H groups in total. The van der Waals surface area contributed by atoms with E-state index in [4.69, 9.17) is 10.5 Å². The standard InChI is InChI=1S/C16H16N2OS/c1-19-15-8-9-20-16(15)13(17)10-12-7-6-11-4-2-3-5-14(11)18-12/h2-9,13H,10,17H2,1H3. The van der Waals surface area contributed by atoms with Crippen LogP contribution in [0.15, 0.2) is 47.8 Å². The largest absolute Gasteiger partial charge is 0.496 e. The third-order valence-electron chi connectivity index (χ3n) is 3.30. The number of pyridine rings is 1. The second-order valence-electron chi connectivity index (χ2n) is 4.66. The highest BCUT2D eigenvalue weighted by Gasteiger charge is 2.14. The van der Waals surface area contributed by atoms with E-state index in [1.54, 1.807) is 18.4 Å². The Morgan fingerprint density at radius 3 is 2.90 bits per heavy atom. The lowest BCUT2D eigenvalue weighted by Gasteiger charge is -2.12. The SMILES string of the molecule is COc1ccsc1C(N)Cc1ccc2ccccc2n1. The van der Waals surface area contributed by atoms with Gasteiger partial charge in [-0.05, 0) is 23.6 Å². The Bertz CT molecular complexity index is 723. The lowest BCUT2D eigenvalue weighted by molar-refractivity contribution is 0.408. The highest BCUT2D eigenvalue weighted by atomic mass is 32.1. The van der Waals surface area contributed by atoms with Gasteiger partial charge < -0.3 is 10.5 Å². The molecule has 1 aromatic carbocycles. The van der Waals surface area contributed by atoms with E-state index in [0.717, 1.165) is 27.2 Å². The van der Waals surface area contributed by atoms with Gasteiger partial charge in [0.2, 0.25) is 0 Å². The second-order valence-corrected chi connectivity index (χ2v) is 5.61. The molecular formula is C16H16N2OS. The summed E-state index contributed by atoms with van der Waals surface area (Å²) in [6.45, 7) is 0. The summed E-state index contributed by atoms with van der Waals surface area (Å²) in [6.07, 6.45) is 0.710. The smallest absolute Gasteiger partial charge is 0.134 e. The molecule has 0 saturated heterocycles. The third kappa shape index (κ3) is 2.53. The van der Waals surface area contributed by atoms with Gasteiger partial charge in [0, 0.05) is 23.5 Å². The van der Waals surface area contributed by atoms with E-state index >= 15 is 0 Å². The van der Waals surface area contributed by atoms with Crippen LogP contribution < -0.4 is 10.5 Å². The number of benzene rings is 1. The number of methoxy groups -OCH3 is 1. The predicted molar refractivity (Wildman–Crippen MR) is 83.2 cm³/mol. The van der Waals surface area contributed by atoms with E-state index in [-0.39, 0.29) is 6.04 Å². The lowest BCUT2D eigenvalue weighted by Crippen LogP contribution is -2.13. The fraction of sp³-hybridized carbons (Fsp3) is 0.188. The normalized spacial score (nSPS) is 12.5. The van der Waals surface area contributed by atoms with Crippen LogP contribution in [0.3, 0.4) is 0 Å². The molecule has 2 heterocycles. The summed E-state index contributed by atoms with van der Waals surface area (Å²) in [5.41, 5.74) is 8.30. The van der Waals surface area contributed by atoms with Gasteiger partial charge in [-0.1, -0.05) is 24.3 Å². The zero-order valence-corrected chi connectivity index (χ0v) is 12.1. The minimum atomic E-state index is -0.0846. The van der Waals surface area contributed by atoms with E-state index in [1.165, 1.54) is 0 Å². The first-order chi connectivity index (χ1) is 9.78. The van der Waals surface area contributed by atoms with Gasteiger partial charge >= 0.3 is 0 Å². The van der Waals surface area contributed by atoms with Crippen molar-refractivity contribution in [1.29, 1.82) is 0 Å². The number of hydrogen-bond acceptors (Lipinski definition) is 4. The summed E-state index contributed by atoms with van der Waals surface area (Å²) in [5.74, 6) is 0.864. The van der Waals surface area contributed by atoms with Crippen LogP contribution in [0.1, 0.15) is 16.6 Å². The molecule has 0 saturated carbocycles. The summed E-state index contributed by atoms with van der Waals surface area (Å²) < 4.78 is 5.32. The van der Waals surface area contributed by atoms with Gasteiger partial charge in [0.25, 0.3) is 0 Å². The molecule has 3 rings (SSSR count). The molecule has 0 amide bonds. The van der Waals surface area contributed by atoms with Crippen LogP contribution in [0.25, 0.3) is 10.9 Å². The molecule has 0 aliphatic heterocycles. The topological polar surface area (TPSA) is 48.1 Å². The van der Waals surface area contributed by atoms with Gasteiger partial charge in [0.15, 0.2) is 0 Å². The molecule has 0 fully saturated rings. The van der Waals surface area contributed by atoms with Crippen molar-refractivity contribution in [2.45, 2.75) is 12.5 Å². The van der Waals surface area contributed by atoms with Crippen molar-refractivity contribution in [2.24, 2.45) is 5.73 Å². The Morgan fingerprint density at radius 2 is 2.05 bits per heavy atom. The maximum Gasteiger partial charge on any atom is 0.134 e.